The molecule has 0 bridgehead atoms. The number of benzene rings is 4. The molecule has 1 atom stereocenters. The summed E-state index contributed by atoms with van der Waals surface area (Å²) in [6, 6.07) is 33.7. The van der Waals surface area contributed by atoms with E-state index in [1.165, 1.54) is 99.1 Å². The summed E-state index contributed by atoms with van der Waals surface area (Å²) in [7, 11) is 0. The first-order valence-electron chi connectivity index (χ1n) is 16.6. The summed E-state index contributed by atoms with van der Waals surface area (Å²) in [5, 5.41) is 5.48. The molecule has 236 valence electrons. The van der Waals surface area contributed by atoms with Crippen LogP contribution in [0.15, 0.2) is 108 Å². The molecular formula is C45H52Zr. The molecule has 0 fully saturated rings. The molecule has 0 saturated carbocycles. The van der Waals surface area contributed by atoms with Gasteiger partial charge in [0, 0.05) is 0 Å². The maximum absolute atomic E-state index is 3.36. The van der Waals surface area contributed by atoms with E-state index in [9.17, 15) is 0 Å². The Kier molecular flexibility index (Phi) is 11.2. The fraction of sp³-hybridized carbons (Fsp3) is 0.333. The number of hydrogen-bond donors (Lipinski definition) is 0. The molecule has 6 rings (SSSR count). The van der Waals surface area contributed by atoms with Gasteiger partial charge in [0.05, 0.1) is 0 Å². The molecule has 1 heteroatoms. The molecule has 1 aliphatic rings. The van der Waals surface area contributed by atoms with E-state index in [2.05, 4.69) is 180 Å². The Hall–Kier alpha value is -3.02. The molecular weight excluding hydrogens is 632 g/mol. The standard InChI is InChI=1S/C21H25.C15H14.C9H13.Zr/c1-20(2,3)16-7-9-18-14(12-16)11-15-13-17(21(4,5)6)8-10-19(15)18;1-12-3-7-14(8-4-12)11-15-9-5-13(2)6-10-15;1-6-5-7(2)9(4)8(6)3;/h7-13H,1-6H3;3-10H,1-2H3;6H,1-4H3;/q-1;;-1;+2. The van der Waals surface area contributed by atoms with Crippen LogP contribution < -0.4 is 0 Å². The molecule has 0 saturated heterocycles. The first-order valence-corrected chi connectivity index (χ1v) is 17.8. The zero-order valence-electron chi connectivity index (χ0n) is 30.2. The molecule has 1 aliphatic carbocycles. The second kappa shape index (κ2) is 14.4. The molecule has 0 spiro atoms. The van der Waals surface area contributed by atoms with Crippen molar-refractivity contribution in [1.82, 2.24) is 0 Å². The van der Waals surface area contributed by atoms with Crippen molar-refractivity contribution in [2.24, 2.45) is 5.92 Å². The quantitative estimate of drug-likeness (QED) is 0.162. The van der Waals surface area contributed by atoms with Crippen molar-refractivity contribution in [2.45, 2.75) is 93.9 Å². The van der Waals surface area contributed by atoms with Gasteiger partial charge in [-0.3, -0.25) is 6.08 Å². The third-order valence-corrected chi connectivity index (χ3v) is 10.8. The minimum atomic E-state index is 0.203. The number of rotatable bonds is 2. The number of fused-ring (bicyclic) bond motifs is 3. The third-order valence-electron chi connectivity index (χ3n) is 9.35. The molecule has 5 aromatic carbocycles. The predicted molar refractivity (Wildman–Crippen MR) is 200 cm³/mol. The summed E-state index contributed by atoms with van der Waals surface area (Å²) in [5.41, 5.74) is 12.8. The topological polar surface area (TPSA) is 0 Å². The van der Waals surface area contributed by atoms with Gasteiger partial charge in [-0.1, -0.05) is 104 Å². The maximum atomic E-state index is 3.36. The van der Waals surface area contributed by atoms with Crippen LogP contribution >= 0.6 is 0 Å². The molecule has 0 aromatic heterocycles. The van der Waals surface area contributed by atoms with Crippen LogP contribution in [0.4, 0.5) is 0 Å². The summed E-state index contributed by atoms with van der Waals surface area (Å²) in [4.78, 5) is 0. The molecule has 1 unspecified atom stereocenters. The summed E-state index contributed by atoms with van der Waals surface area (Å²) in [6.07, 6.45) is 3.36. The Balaban J connectivity index is 0.000000170. The molecule has 0 nitrogen and oxygen atoms in total. The number of hydrogen-bond acceptors (Lipinski definition) is 0. The van der Waals surface area contributed by atoms with E-state index >= 15 is 0 Å². The van der Waals surface area contributed by atoms with E-state index in [-0.39, 0.29) is 10.8 Å². The molecule has 0 radical (unpaired) electrons. The molecule has 0 N–H and O–H groups in total. The van der Waals surface area contributed by atoms with Crippen molar-refractivity contribution >= 4 is 24.8 Å². The van der Waals surface area contributed by atoms with Gasteiger partial charge in [0.15, 0.2) is 0 Å². The zero-order valence-corrected chi connectivity index (χ0v) is 32.7. The molecule has 0 aliphatic heterocycles. The Morgan fingerprint density at radius 3 is 1.28 bits per heavy atom. The Bertz CT molecular complexity index is 1770. The summed E-state index contributed by atoms with van der Waals surface area (Å²) in [6.45, 7) is 26.5. The first kappa shape index (κ1) is 35.8. The van der Waals surface area contributed by atoms with Crippen molar-refractivity contribution in [1.29, 1.82) is 0 Å². The van der Waals surface area contributed by atoms with Crippen molar-refractivity contribution in [3.63, 3.8) is 0 Å². The Morgan fingerprint density at radius 2 is 1.00 bits per heavy atom. The van der Waals surface area contributed by atoms with Gasteiger partial charge in [0.25, 0.3) is 0 Å². The van der Waals surface area contributed by atoms with Gasteiger partial charge in [-0.25, -0.2) is 5.57 Å². The normalized spacial score (nSPS) is 14.9. The van der Waals surface area contributed by atoms with E-state index in [4.69, 9.17) is 0 Å². The molecule has 0 amide bonds. The van der Waals surface area contributed by atoms with Crippen molar-refractivity contribution < 1.29 is 24.2 Å². The second-order valence-corrected chi connectivity index (χ2v) is 16.4. The molecule has 46 heavy (non-hydrogen) atoms. The van der Waals surface area contributed by atoms with Crippen molar-refractivity contribution in [3.05, 3.63) is 147 Å². The monoisotopic (exact) mass is 682 g/mol. The van der Waals surface area contributed by atoms with Gasteiger partial charge < -0.3 is 0 Å². The van der Waals surface area contributed by atoms with Crippen LogP contribution in [0.5, 0.6) is 0 Å². The zero-order chi connectivity index (χ0) is 34.0. The number of allylic oxidation sites excluding steroid dienone is 4. The van der Waals surface area contributed by atoms with E-state index < -0.39 is 0 Å². The SMILES string of the molecule is CC(C)(C)c1ccc2c(c1)[cH-]c1cc(C(C)(C)C)ccc12.CC1=[C-]C(C)C(C)=C1C.Cc1ccc([C](=[Zr+2])c2ccc(C)cc2)cc1. The molecule has 5 aromatic rings. The third kappa shape index (κ3) is 8.66. The van der Waals surface area contributed by atoms with Crippen LogP contribution in [0.3, 0.4) is 0 Å². The van der Waals surface area contributed by atoms with E-state index in [0.29, 0.717) is 5.92 Å². The summed E-state index contributed by atoms with van der Waals surface area (Å²) < 4.78 is 1.42. The average molecular weight is 684 g/mol. The van der Waals surface area contributed by atoms with Gasteiger partial charge in [0.2, 0.25) is 0 Å². The summed E-state index contributed by atoms with van der Waals surface area (Å²) in [5.74, 6) is 0.560. The van der Waals surface area contributed by atoms with Crippen molar-refractivity contribution in [2.75, 3.05) is 0 Å². The van der Waals surface area contributed by atoms with Gasteiger partial charge in [-0.2, -0.15) is 11.1 Å². The predicted octanol–water partition coefficient (Wildman–Crippen LogP) is 12.4. The second-order valence-electron chi connectivity index (χ2n) is 15.2. The van der Waals surface area contributed by atoms with Crippen LogP contribution in [-0.4, -0.2) is 3.21 Å². The Labute approximate surface area is 294 Å². The van der Waals surface area contributed by atoms with E-state index in [1.54, 1.807) is 0 Å². The van der Waals surface area contributed by atoms with Crippen LogP contribution in [0.25, 0.3) is 21.5 Å². The van der Waals surface area contributed by atoms with Gasteiger partial charge in [-0.05, 0) is 10.8 Å². The van der Waals surface area contributed by atoms with Gasteiger partial charge in [0.1, 0.15) is 0 Å². The number of aryl methyl sites for hydroxylation is 2. The fourth-order valence-corrected chi connectivity index (χ4v) is 6.54. The van der Waals surface area contributed by atoms with Crippen LogP contribution in [0.1, 0.15) is 103 Å². The fourth-order valence-electron chi connectivity index (χ4n) is 5.72. The first-order chi connectivity index (χ1) is 21.5. The van der Waals surface area contributed by atoms with Crippen molar-refractivity contribution in [3.8, 4) is 0 Å². The van der Waals surface area contributed by atoms with Crippen LogP contribution in [0, 0.1) is 25.8 Å². The summed E-state index contributed by atoms with van der Waals surface area (Å²) >= 11 is 1.46. The van der Waals surface area contributed by atoms with Gasteiger partial charge >= 0.3 is 112 Å². The van der Waals surface area contributed by atoms with E-state index in [1.807, 2.05) is 0 Å². The van der Waals surface area contributed by atoms with E-state index in [0.717, 1.165) is 0 Å². The molecule has 0 heterocycles. The minimum absolute atomic E-state index is 0.203. The Morgan fingerprint density at radius 1 is 0.609 bits per heavy atom. The van der Waals surface area contributed by atoms with Gasteiger partial charge in [-0.15, -0.1) is 46.7 Å². The van der Waals surface area contributed by atoms with Crippen LogP contribution in [0.2, 0.25) is 0 Å². The average Bonchev–Trinajstić information content (AvgIpc) is 3.48. The van der Waals surface area contributed by atoms with Crippen LogP contribution in [-0.2, 0) is 35.1 Å².